The highest BCUT2D eigenvalue weighted by atomic mass is 15.3. The van der Waals surface area contributed by atoms with Crippen LogP contribution in [0, 0.1) is 0 Å². The predicted molar refractivity (Wildman–Crippen MR) is 94.7 cm³/mol. The Hall–Kier alpha value is -3.18. The molecule has 3 aromatic carbocycles. The number of nitrogens with zero attached hydrogens (tertiary/aromatic N) is 2. The lowest BCUT2D eigenvalue weighted by atomic mass is 10.00. The molecule has 0 bridgehead atoms. The standard InChI is InChI=1S/C18H15N5/c19-18-21-16-8-7-14(10-15(16)17(22-18)23-20)13-6-5-11-3-1-2-4-12(11)9-13/h1-10H,20H2,(H3,19,21,22,23). The molecule has 0 radical (unpaired) electrons. The maximum atomic E-state index is 5.69. The van der Waals surface area contributed by atoms with Crippen molar-refractivity contribution in [1.29, 1.82) is 0 Å². The number of nitrogen functional groups attached to an aromatic ring is 2. The second-order valence-corrected chi connectivity index (χ2v) is 5.37. The number of nitrogens with two attached hydrogens (primary N) is 2. The van der Waals surface area contributed by atoms with Gasteiger partial charge in [-0.05, 0) is 40.1 Å². The van der Waals surface area contributed by atoms with Crippen molar-refractivity contribution in [3.63, 3.8) is 0 Å². The second kappa shape index (κ2) is 5.23. The second-order valence-electron chi connectivity index (χ2n) is 5.37. The maximum Gasteiger partial charge on any atom is 0.222 e. The summed E-state index contributed by atoms with van der Waals surface area (Å²) in [6.45, 7) is 0. The van der Waals surface area contributed by atoms with E-state index in [1.54, 1.807) is 0 Å². The lowest BCUT2D eigenvalue weighted by Gasteiger charge is -2.09. The average Bonchev–Trinajstić information content (AvgIpc) is 2.60. The Bertz CT molecular complexity index is 1030. The zero-order valence-electron chi connectivity index (χ0n) is 12.3. The minimum atomic E-state index is 0.198. The Kier molecular flexibility index (Phi) is 3.06. The fourth-order valence-electron chi connectivity index (χ4n) is 2.80. The molecule has 4 rings (SSSR count). The van der Waals surface area contributed by atoms with Crippen molar-refractivity contribution in [2.24, 2.45) is 5.84 Å². The molecule has 0 aliphatic heterocycles. The van der Waals surface area contributed by atoms with Gasteiger partial charge in [0.2, 0.25) is 5.95 Å². The number of benzene rings is 3. The number of nitrogens with one attached hydrogen (secondary N) is 1. The van der Waals surface area contributed by atoms with E-state index in [-0.39, 0.29) is 5.95 Å². The van der Waals surface area contributed by atoms with Crippen LogP contribution in [0.4, 0.5) is 11.8 Å². The summed E-state index contributed by atoms with van der Waals surface area (Å²) in [4.78, 5) is 8.38. The molecule has 0 aliphatic carbocycles. The summed E-state index contributed by atoms with van der Waals surface area (Å²) in [5, 5.41) is 3.26. The number of hydrogen-bond donors (Lipinski definition) is 3. The van der Waals surface area contributed by atoms with Crippen LogP contribution in [-0.2, 0) is 0 Å². The lowest BCUT2D eigenvalue weighted by Crippen LogP contribution is -2.11. The Morgan fingerprint density at radius 1 is 0.783 bits per heavy atom. The SMILES string of the molecule is NNc1nc(N)nc2ccc(-c3ccc4ccccc4c3)cc12. The minimum absolute atomic E-state index is 0.198. The maximum absolute atomic E-state index is 5.69. The average molecular weight is 301 g/mol. The largest absolute Gasteiger partial charge is 0.368 e. The zero-order chi connectivity index (χ0) is 15.8. The smallest absolute Gasteiger partial charge is 0.222 e. The molecule has 23 heavy (non-hydrogen) atoms. The van der Waals surface area contributed by atoms with Crippen LogP contribution in [0.5, 0.6) is 0 Å². The fraction of sp³-hybridized carbons (Fsp3) is 0. The highest BCUT2D eigenvalue weighted by molar-refractivity contribution is 5.94. The summed E-state index contributed by atoms with van der Waals surface area (Å²) in [5.41, 5.74) is 11.2. The number of anilines is 2. The van der Waals surface area contributed by atoms with E-state index < -0.39 is 0 Å². The van der Waals surface area contributed by atoms with Crippen molar-refractivity contribution >= 4 is 33.4 Å². The van der Waals surface area contributed by atoms with Crippen molar-refractivity contribution in [2.45, 2.75) is 0 Å². The molecule has 0 spiro atoms. The molecule has 1 heterocycles. The third kappa shape index (κ3) is 2.33. The summed E-state index contributed by atoms with van der Waals surface area (Å²) in [5.74, 6) is 6.27. The van der Waals surface area contributed by atoms with E-state index >= 15 is 0 Å². The van der Waals surface area contributed by atoms with Crippen LogP contribution in [0.2, 0.25) is 0 Å². The van der Waals surface area contributed by atoms with E-state index in [2.05, 4.69) is 45.7 Å². The van der Waals surface area contributed by atoms with Gasteiger partial charge in [0, 0.05) is 5.39 Å². The molecule has 1 aromatic heterocycles. The molecule has 0 aliphatic rings. The summed E-state index contributed by atoms with van der Waals surface area (Å²) < 4.78 is 0. The molecule has 0 saturated carbocycles. The van der Waals surface area contributed by atoms with E-state index in [1.165, 1.54) is 10.8 Å². The molecule has 5 heteroatoms. The third-order valence-electron chi connectivity index (χ3n) is 3.93. The molecule has 0 amide bonds. The lowest BCUT2D eigenvalue weighted by molar-refractivity contribution is 1.19. The van der Waals surface area contributed by atoms with Gasteiger partial charge < -0.3 is 11.2 Å². The van der Waals surface area contributed by atoms with Gasteiger partial charge in [0.05, 0.1) is 5.52 Å². The van der Waals surface area contributed by atoms with Gasteiger partial charge in [-0.25, -0.2) is 10.8 Å². The summed E-state index contributed by atoms with van der Waals surface area (Å²) in [6, 6.07) is 20.7. The summed E-state index contributed by atoms with van der Waals surface area (Å²) in [6.07, 6.45) is 0. The number of hydrogen-bond acceptors (Lipinski definition) is 5. The van der Waals surface area contributed by atoms with Crippen molar-refractivity contribution < 1.29 is 0 Å². The fourth-order valence-corrected chi connectivity index (χ4v) is 2.80. The van der Waals surface area contributed by atoms with Crippen LogP contribution < -0.4 is 17.0 Å². The molecule has 0 fully saturated rings. The van der Waals surface area contributed by atoms with Gasteiger partial charge in [-0.1, -0.05) is 42.5 Å². The van der Waals surface area contributed by atoms with Crippen molar-refractivity contribution in [3.8, 4) is 11.1 Å². The van der Waals surface area contributed by atoms with E-state index in [4.69, 9.17) is 11.6 Å². The van der Waals surface area contributed by atoms with Crippen LogP contribution in [0.1, 0.15) is 0 Å². The quantitative estimate of drug-likeness (QED) is 0.390. The van der Waals surface area contributed by atoms with Gasteiger partial charge in [-0.2, -0.15) is 4.98 Å². The summed E-state index contributed by atoms with van der Waals surface area (Å²) >= 11 is 0. The molecular weight excluding hydrogens is 286 g/mol. The molecular formula is C18H15N5. The first kappa shape index (κ1) is 13.5. The molecule has 5 nitrogen and oxygen atoms in total. The Balaban J connectivity index is 1.92. The van der Waals surface area contributed by atoms with Crippen LogP contribution in [0.3, 0.4) is 0 Å². The third-order valence-corrected chi connectivity index (χ3v) is 3.93. The topological polar surface area (TPSA) is 89.8 Å². The first-order valence-electron chi connectivity index (χ1n) is 7.28. The van der Waals surface area contributed by atoms with E-state index in [1.807, 2.05) is 30.3 Å². The first-order chi connectivity index (χ1) is 11.2. The Morgan fingerprint density at radius 3 is 2.35 bits per heavy atom. The molecule has 5 N–H and O–H groups in total. The number of hydrazine groups is 1. The van der Waals surface area contributed by atoms with Crippen LogP contribution in [-0.4, -0.2) is 9.97 Å². The highest BCUT2D eigenvalue weighted by Gasteiger charge is 2.07. The van der Waals surface area contributed by atoms with Crippen molar-refractivity contribution in [3.05, 3.63) is 60.7 Å². The molecule has 112 valence electrons. The van der Waals surface area contributed by atoms with Gasteiger partial charge in [0.1, 0.15) is 0 Å². The molecule has 0 unspecified atom stereocenters. The van der Waals surface area contributed by atoms with Gasteiger partial charge >= 0.3 is 0 Å². The normalized spacial score (nSPS) is 11.0. The molecule has 0 saturated heterocycles. The van der Waals surface area contributed by atoms with E-state index in [0.717, 1.165) is 22.0 Å². The molecule has 0 atom stereocenters. The van der Waals surface area contributed by atoms with Gasteiger partial charge in [-0.3, -0.25) is 0 Å². The number of aromatic nitrogens is 2. The highest BCUT2D eigenvalue weighted by Crippen LogP contribution is 2.29. The van der Waals surface area contributed by atoms with E-state index in [9.17, 15) is 0 Å². The van der Waals surface area contributed by atoms with Crippen molar-refractivity contribution in [1.82, 2.24) is 9.97 Å². The van der Waals surface area contributed by atoms with Gasteiger partial charge in [0.15, 0.2) is 5.82 Å². The van der Waals surface area contributed by atoms with Crippen LogP contribution in [0.15, 0.2) is 60.7 Å². The van der Waals surface area contributed by atoms with Crippen LogP contribution in [0.25, 0.3) is 32.8 Å². The number of rotatable bonds is 2. The first-order valence-corrected chi connectivity index (χ1v) is 7.28. The number of fused-ring (bicyclic) bond motifs is 2. The van der Waals surface area contributed by atoms with Crippen LogP contribution >= 0.6 is 0 Å². The minimum Gasteiger partial charge on any atom is -0.368 e. The van der Waals surface area contributed by atoms with Crippen molar-refractivity contribution in [2.75, 3.05) is 11.2 Å². The van der Waals surface area contributed by atoms with Gasteiger partial charge in [-0.15, -0.1) is 0 Å². The van der Waals surface area contributed by atoms with Gasteiger partial charge in [0.25, 0.3) is 0 Å². The summed E-state index contributed by atoms with van der Waals surface area (Å²) in [7, 11) is 0. The Labute approximate surface area is 132 Å². The molecule has 4 aromatic rings. The predicted octanol–water partition coefficient (Wildman–Crippen LogP) is 3.32. The Morgan fingerprint density at radius 2 is 1.52 bits per heavy atom. The monoisotopic (exact) mass is 301 g/mol. The zero-order valence-corrected chi connectivity index (χ0v) is 12.3. The van der Waals surface area contributed by atoms with E-state index in [0.29, 0.717) is 5.82 Å².